The number of aromatic nitrogens is 1. The topological polar surface area (TPSA) is 79.7 Å². The van der Waals surface area contributed by atoms with Gasteiger partial charge in [0.25, 0.3) is 10.0 Å². The van der Waals surface area contributed by atoms with Crippen molar-refractivity contribution in [2.45, 2.75) is 31.8 Å². The van der Waals surface area contributed by atoms with Crippen molar-refractivity contribution in [3.8, 4) is 5.75 Å². The zero-order valence-electron chi connectivity index (χ0n) is 16.6. The molecule has 3 rings (SSSR count). The van der Waals surface area contributed by atoms with Crippen LogP contribution in [0.1, 0.15) is 16.7 Å². The standard InChI is InChI=1S/C21H24N2O4S2/c1-15-9-10-16(2)20(17(15)3)27-14-18(24)13-23(21-22-11-12-28-21)29(25,26)19-7-5-4-6-8-19/h4-12,18,24H,13-14H2,1-3H3. The van der Waals surface area contributed by atoms with Gasteiger partial charge < -0.3 is 9.84 Å². The molecule has 0 aliphatic carbocycles. The third kappa shape index (κ3) is 4.77. The second-order valence-corrected chi connectivity index (χ2v) is 9.52. The van der Waals surface area contributed by atoms with Gasteiger partial charge in [-0.25, -0.2) is 17.7 Å². The van der Waals surface area contributed by atoms with E-state index >= 15 is 0 Å². The highest BCUT2D eigenvalue weighted by Gasteiger charge is 2.29. The zero-order chi connectivity index (χ0) is 21.0. The Morgan fingerprint density at radius 1 is 1.10 bits per heavy atom. The van der Waals surface area contributed by atoms with Crippen molar-refractivity contribution in [1.82, 2.24) is 4.98 Å². The highest BCUT2D eigenvalue weighted by atomic mass is 32.2. The summed E-state index contributed by atoms with van der Waals surface area (Å²) >= 11 is 1.20. The lowest BCUT2D eigenvalue weighted by Crippen LogP contribution is -2.40. The molecule has 0 amide bonds. The summed E-state index contributed by atoms with van der Waals surface area (Å²) < 4.78 is 33.3. The molecule has 1 unspecified atom stereocenters. The van der Waals surface area contributed by atoms with E-state index in [9.17, 15) is 13.5 Å². The fourth-order valence-electron chi connectivity index (χ4n) is 2.91. The first-order valence-corrected chi connectivity index (χ1v) is 11.5. The van der Waals surface area contributed by atoms with Gasteiger partial charge >= 0.3 is 0 Å². The van der Waals surface area contributed by atoms with Crippen LogP contribution < -0.4 is 9.04 Å². The van der Waals surface area contributed by atoms with E-state index in [1.807, 2.05) is 32.9 Å². The maximum Gasteiger partial charge on any atom is 0.266 e. The van der Waals surface area contributed by atoms with Gasteiger partial charge in [-0.05, 0) is 49.6 Å². The van der Waals surface area contributed by atoms with Gasteiger partial charge in [-0.2, -0.15) is 0 Å². The molecule has 0 spiro atoms. The number of anilines is 1. The van der Waals surface area contributed by atoms with Crippen LogP contribution in [0.25, 0.3) is 0 Å². The minimum atomic E-state index is -3.86. The van der Waals surface area contributed by atoms with Crippen LogP contribution in [0.15, 0.2) is 58.9 Å². The Kier molecular flexibility index (Phi) is 6.56. The molecule has 2 aromatic carbocycles. The molecule has 0 fully saturated rings. The largest absolute Gasteiger partial charge is 0.490 e. The third-order valence-corrected chi connectivity index (χ3v) is 7.31. The van der Waals surface area contributed by atoms with E-state index in [1.54, 1.807) is 23.6 Å². The monoisotopic (exact) mass is 432 g/mol. The molecule has 154 valence electrons. The lowest BCUT2D eigenvalue weighted by atomic mass is 10.1. The number of ether oxygens (including phenoxy) is 1. The van der Waals surface area contributed by atoms with E-state index in [0.29, 0.717) is 5.13 Å². The molecular weight excluding hydrogens is 408 g/mol. The van der Waals surface area contributed by atoms with Crippen molar-refractivity contribution >= 4 is 26.5 Å². The molecule has 1 atom stereocenters. The predicted octanol–water partition coefficient (Wildman–Crippen LogP) is 3.70. The Labute approximate surface area is 175 Å². The number of aliphatic hydroxyl groups excluding tert-OH is 1. The summed E-state index contributed by atoms with van der Waals surface area (Å²) in [5.74, 6) is 0.718. The summed E-state index contributed by atoms with van der Waals surface area (Å²) in [5.41, 5.74) is 3.07. The van der Waals surface area contributed by atoms with Crippen LogP contribution in [-0.4, -0.2) is 37.8 Å². The second kappa shape index (κ2) is 8.94. The maximum absolute atomic E-state index is 13.1. The van der Waals surface area contributed by atoms with Gasteiger partial charge in [0.2, 0.25) is 0 Å². The first kappa shape index (κ1) is 21.3. The molecule has 1 aromatic heterocycles. The smallest absolute Gasteiger partial charge is 0.266 e. The van der Waals surface area contributed by atoms with Gasteiger partial charge in [0, 0.05) is 11.6 Å². The van der Waals surface area contributed by atoms with E-state index in [2.05, 4.69) is 4.98 Å². The zero-order valence-corrected chi connectivity index (χ0v) is 18.2. The van der Waals surface area contributed by atoms with E-state index in [4.69, 9.17) is 4.74 Å². The van der Waals surface area contributed by atoms with Crippen LogP contribution in [0, 0.1) is 20.8 Å². The Morgan fingerprint density at radius 3 is 2.45 bits per heavy atom. The van der Waals surface area contributed by atoms with Crippen LogP contribution in [0.3, 0.4) is 0 Å². The Bertz CT molecular complexity index is 1050. The van der Waals surface area contributed by atoms with Crippen LogP contribution >= 0.6 is 11.3 Å². The van der Waals surface area contributed by atoms with Crippen LogP contribution in [0.5, 0.6) is 5.75 Å². The molecule has 3 aromatic rings. The van der Waals surface area contributed by atoms with Crippen molar-refractivity contribution in [2.75, 3.05) is 17.5 Å². The molecule has 1 heterocycles. The summed E-state index contributed by atoms with van der Waals surface area (Å²) in [7, 11) is -3.86. The van der Waals surface area contributed by atoms with Crippen molar-refractivity contribution in [3.05, 3.63) is 70.7 Å². The summed E-state index contributed by atoms with van der Waals surface area (Å²) in [6, 6.07) is 12.1. The summed E-state index contributed by atoms with van der Waals surface area (Å²) in [4.78, 5) is 4.28. The van der Waals surface area contributed by atoms with Gasteiger partial charge in [0.05, 0.1) is 11.4 Å². The summed E-state index contributed by atoms with van der Waals surface area (Å²) in [6.07, 6.45) is 0.507. The molecule has 1 N–H and O–H groups in total. The van der Waals surface area contributed by atoms with Crippen molar-refractivity contribution in [1.29, 1.82) is 0 Å². The number of rotatable bonds is 8. The van der Waals surface area contributed by atoms with Crippen molar-refractivity contribution in [2.24, 2.45) is 0 Å². The number of nitrogens with zero attached hydrogens (tertiary/aromatic N) is 2. The van der Waals surface area contributed by atoms with Gasteiger partial charge in [0.1, 0.15) is 18.5 Å². The SMILES string of the molecule is Cc1ccc(C)c(OCC(O)CN(c2nccs2)S(=O)(=O)c2ccccc2)c1C. The quantitative estimate of drug-likeness (QED) is 0.587. The minimum Gasteiger partial charge on any atom is -0.490 e. The molecule has 29 heavy (non-hydrogen) atoms. The molecular formula is C21H24N2O4S2. The molecule has 0 saturated carbocycles. The van der Waals surface area contributed by atoms with Gasteiger partial charge in [-0.1, -0.05) is 30.3 Å². The minimum absolute atomic E-state index is 0.0304. The Balaban J connectivity index is 1.80. The summed E-state index contributed by atoms with van der Waals surface area (Å²) in [6.45, 7) is 5.71. The number of benzene rings is 2. The fraction of sp³-hybridized carbons (Fsp3) is 0.286. The van der Waals surface area contributed by atoms with Gasteiger partial charge in [-0.3, -0.25) is 0 Å². The molecule has 8 heteroatoms. The van der Waals surface area contributed by atoms with E-state index in [0.717, 1.165) is 26.7 Å². The summed E-state index contributed by atoms with van der Waals surface area (Å²) in [5, 5.41) is 12.6. The van der Waals surface area contributed by atoms with Crippen LogP contribution in [0.4, 0.5) is 5.13 Å². The first-order chi connectivity index (χ1) is 13.8. The molecule has 0 aliphatic rings. The number of thiazole rings is 1. The van der Waals surface area contributed by atoms with Gasteiger partial charge in [0.15, 0.2) is 5.13 Å². The number of aliphatic hydroxyl groups is 1. The highest BCUT2D eigenvalue weighted by molar-refractivity contribution is 7.93. The average molecular weight is 433 g/mol. The van der Waals surface area contributed by atoms with E-state index < -0.39 is 16.1 Å². The Hall–Kier alpha value is -2.42. The normalized spacial score (nSPS) is 12.6. The molecule has 0 bridgehead atoms. The van der Waals surface area contributed by atoms with Crippen molar-refractivity contribution < 1.29 is 18.3 Å². The van der Waals surface area contributed by atoms with Gasteiger partial charge in [-0.15, -0.1) is 11.3 Å². The second-order valence-electron chi connectivity index (χ2n) is 6.78. The fourth-order valence-corrected chi connectivity index (χ4v) is 5.27. The van der Waals surface area contributed by atoms with E-state index in [1.165, 1.54) is 29.7 Å². The molecule has 0 radical (unpaired) electrons. The number of sulfonamides is 1. The number of hydrogen-bond donors (Lipinski definition) is 1. The number of hydrogen-bond acceptors (Lipinski definition) is 6. The average Bonchev–Trinajstić information content (AvgIpc) is 3.24. The van der Waals surface area contributed by atoms with Crippen LogP contribution in [0.2, 0.25) is 0 Å². The predicted molar refractivity (Wildman–Crippen MR) is 115 cm³/mol. The molecule has 0 aliphatic heterocycles. The lowest BCUT2D eigenvalue weighted by molar-refractivity contribution is 0.114. The first-order valence-electron chi connectivity index (χ1n) is 9.15. The molecule has 6 nitrogen and oxygen atoms in total. The maximum atomic E-state index is 13.1. The van der Waals surface area contributed by atoms with E-state index in [-0.39, 0.29) is 18.0 Å². The molecule has 0 saturated heterocycles. The van der Waals surface area contributed by atoms with Crippen molar-refractivity contribution in [3.63, 3.8) is 0 Å². The van der Waals surface area contributed by atoms with Crippen LogP contribution in [-0.2, 0) is 10.0 Å². The lowest BCUT2D eigenvalue weighted by Gasteiger charge is -2.25. The Morgan fingerprint density at radius 2 is 1.79 bits per heavy atom. The third-order valence-electron chi connectivity index (χ3n) is 4.63. The number of aryl methyl sites for hydroxylation is 2. The highest BCUT2D eigenvalue weighted by Crippen LogP contribution is 2.28.